The van der Waals surface area contributed by atoms with E-state index in [0.29, 0.717) is 5.56 Å². The topological polar surface area (TPSA) is 72.5 Å². The lowest BCUT2D eigenvalue weighted by Crippen LogP contribution is -2.22. The summed E-state index contributed by atoms with van der Waals surface area (Å²) in [6, 6.07) is 30.1. The number of benzene rings is 4. The number of hydrogen-bond acceptors (Lipinski definition) is 5. The number of carboxylic acid groups (broad SMARTS) is 1. The van der Waals surface area contributed by atoms with Gasteiger partial charge < -0.3 is 19.5 Å². The van der Waals surface area contributed by atoms with E-state index in [0.717, 1.165) is 46.4 Å². The molecule has 0 saturated heterocycles. The fraction of sp³-hybridized carbons (Fsp3) is 0.317. The van der Waals surface area contributed by atoms with E-state index >= 15 is 0 Å². The fourth-order valence-corrected chi connectivity index (χ4v) is 7.95. The Morgan fingerprint density at radius 1 is 0.792 bits per heavy atom. The third kappa shape index (κ3) is 6.81. The predicted molar refractivity (Wildman–Crippen MR) is 201 cm³/mol. The molecule has 2 heterocycles. The monoisotopic (exact) mass is 656 g/mol. The number of carbonyl (C=O) groups is 1. The largest absolute Gasteiger partial charge is 0.477 e. The Morgan fingerprint density at radius 2 is 1.44 bits per heavy atom. The second kappa shape index (κ2) is 15.0. The summed E-state index contributed by atoms with van der Waals surface area (Å²) in [5.74, 6) is -1.21. The summed E-state index contributed by atoms with van der Waals surface area (Å²) in [6.07, 6.45) is 11.1. The van der Waals surface area contributed by atoms with Gasteiger partial charge in [0.1, 0.15) is 11.6 Å². The van der Waals surface area contributed by atoms with Crippen LogP contribution in [0.5, 0.6) is 0 Å². The van der Waals surface area contributed by atoms with Crippen LogP contribution in [0, 0.1) is 11.3 Å². The van der Waals surface area contributed by atoms with Crippen LogP contribution in [0.3, 0.4) is 0 Å². The van der Waals surface area contributed by atoms with Gasteiger partial charge in [0.05, 0.1) is 11.4 Å². The second-order valence-corrected chi connectivity index (χ2v) is 13.7. The van der Waals surface area contributed by atoms with Crippen LogP contribution in [-0.2, 0) is 11.3 Å². The molecule has 1 N–H and O–H groups in total. The summed E-state index contributed by atoms with van der Waals surface area (Å²) in [7, 11) is 2.13. The predicted octanol–water partition coefficient (Wildman–Crippen LogP) is 11.3. The lowest BCUT2D eigenvalue weighted by molar-refractivity contribution is -0.132. The summed E-state index contributed by atoms with van der Waals surface area (Å²) in [6.45, 7) is 6.42. The number of aromatic nitrogens is 1. The maximum absolute atomic E-state index is 11.5. The minimum Gasteiger partial charge on any atom is -0.477 e. The van der Waals surface area contributed by atoms with Gasteiger partial charge in [-0.3, -0.25) is 0 Å². The van der Waals surface area contributed by atoms with Gasteiger partial charge in [-0.1, -0.05) is 88.4 Å². The van der Waals surface area contributed by atoms with Crippen molar-refractivity contribution in [1.82, 2.24) is 4.57 Å². The van der Waals surface area contributed by atoms with Gasteiger partial charge in [0.2, 0.25) is 0 Å². The van der Waals surface area contributed by atoms with E-state index in [4.69, 9.17) is 0 Å². The first kappa shape index (κ1) is 33.2. The molecular formula is C41H44N4O2S. The molecule has 246 valence electrons. The highest BCUT2D eigenvalue weighted by Gasteiger charge is 2.25. The van der Waals surface area contributed by atoms with E-state index in [9.17, 15) is 15.2 Å². The van der Waals surface area contributed by atoms with Crippen molar-refractivity contribution in [3.63, 3.8) is 0 Å². The molecule has 0 aliphatic carbocycles. The molecule has 0 bridgehead atoms. The fourth-order valence-electron chi connectivity index (χ4n) is 6.77. The normalized spacial score (nSPS) is 12.6. The first-order valence-corrected chi connectivity index (χ1v) is 18.1. The van der Waals surface area contributed by atoms with Crippen molar-refractivity contribution in [3.8, 4) is 6.07 Å². The summed E-state index contributed by atoms with van der Waals surface area (Å²) < 4.78 is 2.49. The zero-order valence-electron chi connectivity index (χ0n) is 28.2. The molecule has 7 heteroatoms. The molecule has 48 heavy (non-hydrogen) atoms. The standard InChI is InChI=1S/C41H44N4O2S/c1-4-6-8-12-22-44-35-15-11-10-14-33(35)34-26-31(17-20-36(34)44)43(3)32-18-21-38-40(27-32)48-39-25-29(24-30(28-42)41(46)47)16-19-37(39)45(38)23-13-9-7-5-2/h10-11,14-21,24-27H,4-9,12-13,22-23H2,1-3H3,(H,46,47)/b30-24-. The van der Waals surface area contributed by atoms with Crippen LogP contribution in [0.1, 0.15) is 70.8 Å². The SMILES string of the molecule is CCCCCCN1c2ccc(/C=C(/C#N)C(=O)O)cc2Sc2cc(N(C)c3ccc4c(c3)c3ccccc3n4CCCCCC)ccc21. The summed E-state index contributed by atoms with van der Waals surface area (Å²) in [4.78, 5) is 18.4. The molecule has 0 unspecified atom stereocenters. The average Bonchev–Trinajstić information content (AvgIpc) is 3.42. The van der Waals surface area contributed by atoms with Crippen molar-refractivity contribution >= 4 is 68.4 Å². The van der Waals surface area contributed by atoms with Crippen molar-refractivity contribution < 1.29 is 9.90 Å². The number of unbranched alkanes of at least 4 members (excludes halogenated alkanes) is 6. The maximum Gasteiger partial charge on any atom is 0.346 e. The average molecular weight is 657 g/mol. The molecule has 4 aromatic carbocycles. The quantitative estimate of drug-likeness (QED) is 0.0728. The third-order valence-electron chi connectivity index (χ3n) is 9.39. The number of hydrogen-bond donors (Lipinski definition) is 1. The first-order valence-electron chi connectivity index (χ1n) is 17.3. The molecule has 1 aromatic heterocycles. The lowest BCUT2D eigenvalue weighted by atomic mass is 10.1. The molecule has 0 spiro atoms. The van der Waals surface area contributed by atoms with Crippen LogP contribution in [0.15, 0.2) is 94.2 Å². The summed E-state index contributed by atoms with van der Waals surface area (Å²) in [5, 5.41) is 21.3. The molecule has 6 rings (SSSR count). The summed E-state index contributed by atoms with van der Waals surface area (Å²) in [5.41, 5.74) is 7.57. The van der Waals surface area contributed by atoms with Gasteiger partial charge in [0, 0.05) is 63.1 Å². The number of rotatable bonds is 14. The van der Waals surface area contributed by atoms with Crippen molar-refractivity contribution in [1.29, 1.82) is 5.26 Å². The van der Waals surface area contributed by atoms with Gasteiger partial charge in [-0.05, 0) is 79.1 Å². The highest BCUT2D eigenvalue weighted by Crippen LogP contribution is 2.50. The molecule has 1 aliphatic rings. The van der Waals surface area contributed by atoms with Crippen molar-refractivity contribution in [2.75, 3.05) is 23.4 Å². The number of nitriles is 1. The van der Waals surface area contributed by atoms with E-state index in [1.165, 1.54) is 78.5 Å². The van der Waals surface area contributed by atoms with Gasteiger partial charge in [0.25, 0.3) is 0 Å². The van der Waals surface area contributed by atoms with Crippen LogP contribution >= 0.6 is 11.8 Å². The van der Waals surface area contributed by atoms with Crippen LogP contribution in [0.2, 0.25) is 0 Å². The van der Waals surface area contributed by atoms with E-state index in [2.05, 4.69) is 102 Å². The molecule has 0 atom stereocenters. The Hall–Kier alpha value is -4.67. The molecule has 6 nitrogen and oxygen atoms in total. The zero-order chi connectivity index (χ0) is 33.6. The Balaban J connectivity index is 1.34. The number of aryl methyl sites for hydroxylation is 1. The van der Waals surface area contributed by atoms with Crippen LogP contribution in [-0.4, -0.2) is 29.2 Å². The number of carboxylic acids is 1. The molecule has 0 saturated carbocycles. The van der Waals surface area contributed by atoms with Gasteiger partial charge in [0.15, 0.2) is 0 Å². The van der Waals surface area contributed by atoms with Gasteiger partial charge in [-0.25, -0.2) is 4.79 Å². The number of fused-ring (bicyclic) bond motifs is 5. The minimum absolute atomic E-state index is 0.270. The maximum atomic E-state index is 11.5. The van der Waals surface area contributed by atoms with Gasteiger partial charge >= 0.3 is 5.97 Å². The molecule has 0 fully saturated rings. The number of anilines is 4. The van der Waals surface area contributed by atoms with E-state index in [-0.39, 0.29) is 5.57 Å². The van der Waals surface area contributed by atoms with E-state index < -0.39 is 5.97 Å². The van der Waals surface area contributed by atoms with Gasteiger partial charge in [-0.2, -0.15) is 5.26 Å². The minimum atomic E-state index is -1.21. The van der Waals surface area contributed by atoms with Crippen LogP contribution in [0.4, 0.5) is 22.7 Å². The number of para-hydroxylation sites is 1. The molecule has 1 aliphatic heterocycles. The second-order valence-electron chi connectivity index (χ2n) is 12.7. The highest BCUT2D eigenvalue weighted by molar-refractivity contribution is 7.99. The van der Waals surface area contributed by atoms with Crippen molar-refractivity contribution in [2.24, 2.45) is 0 Å². The Kier molecular flexibility index (Phi) is 10.4. The Labute approximate surface area is 288 Å². The molecule has 5 aromatic rings. The van der Waals surface area contributed by atoms with E-state index in [1.54, 1.807) is 17.8 Å². The van der Waals surface area contributed by atoms with Crippen molar-refractivity contribution in [2.45, 2.75) is 81.5 Å². The Morgan fingerprint density at radius 3 is 2.17 bits per heavy atom. The highest BCUT2D eigenvalue weighted by atomic mass is 32.2. The Bertz CT molecular complexity index is 2020. The van der Waals surface area contributed by atoms with Crippen molar-refractivity contribution in [3.05, 3.63) is 90.0 Å². The molecular weight excluding hydrogens is 613 g/mol. The van der Waals surface area contributed by atoms with E-state index in [1.807, 2.05) is 12.1 Å². The number of aliphatic carboxylic acids is 1. The number of nitrogens with zero attached hydrogens (tertiary/aromatic N) is 4. The summed E-state index contributed by atoms with van der Waals surface area (Å²) >= 11 is 1.70. The zero-order valence-corrected chi connectivity index (χ0v) is 29.0. The first-order chi connectivity index (χ1) is 23.4. The van der Waals surface area contributed by atoms with Gasteiger partial charge in [-0.15, -0.1) is 0 Å². The molecule has 0 amide bonds. The smallest absolute Gasteiger partial charge is 0.346 e. The third-order valence-corrected chi connectivity index (χ3v) is 10.5. The van der Waals surface area contributed by atoms with Crippen LogP contribution < -0.4 is 9.80 Å². The lowest BCUT2D eigenvalue weighted by Gasteiger charge is -2.34. The van der Waals surface area contributed by atoms with Crippen LogP contribution in [0.25, 0.3) is 27.9 Å². The molecule has 0 radical (unpaired) electrons.